The van der Waals surface area contributed by atoms with Gasteiger partial charge in [-0.25, -0.2) is 8.42 Å². The summed E-state index contributed by atoms with van der Waals surface area (Å²) in [7, 11) is -1.52. The first-order valence-electron chi connectivity index (χ1n) is 9.11. The monoisotopic (exact) mass is 399 g/mol. The molecule has 1 aromatic rings. The number of nitrogens with one attached hydrogen (secondary N) is 1. The molecule has 0 radical (unpaired) electrons. The Morgan fingerprint density at radius 2 is 1.77 bits per heavy atom. The number of hydrogen-bond acceptors (Lipinski definition) is 4. The van der Waals surface area contributed by atoms with E-state index < -0.39 is 10.0 Å². The van der Waals surface area contributed by atoms with Gasteiger partial charge in [0.2, 0.25) is 15.9 Å². The van der Waals surface area contributed by atoms with Crippen LogP contribution in [0.4, 0.5) is 0 Å². The maximum absolute atomic E-state index is 12.8. The standard InChI is InChI=1S/C18H26ClN3O3S/c1-21-11-8-16(9-12-21)20-18(23)14-3-2-10-22(13-14)26(24,25)17-6-4-15(19)5-7-17/h4-7,14,16H,2-3,8-13H2,1H3,(H,20,23)/t14-/m0/s1. The molecule has 2 fully saturated rings. The van der Waals surface area contributed by atoms with Crippen LogP contribution in [0.25, 0.3) is 0 Å². The molecule has 1 atom stereocenters. The fourth-order valence-corrected chi connectivity index (χ4v) is 5.25. The molecule has 8 heteroatoms. The van der Waals surface area contributed by atoms with Crippen molar-refractivity contribution in [3.05, 3.63) is 29.3 Å². The minimum Gasteiger partial charge on any atom is -0.353 e. The third-order valence-corrected chi connectivity index (χ3v) is 7.40. The second-order valence-corrected chi connectivity index (χ2v) is 9.62. The molecule has 26 heavy (non-hydrogen) atoms. The zero-order chi connectivity index (χ0) is 18.7. The number of carbonyl (C=O) groups is 1. The zero-order valence-electron chi connectivity index (χ0n) is 15.0. The van der Waals surface area contributed by atoms with Crippen LogP contribution in [-0.4, -0.2) is 62.8 Å². The largest absolute Gasteiger partial charge is 0.353 e. The van der Waals surface area contributed by atoms with Gasteiger partial charge in [-0.15, -0.1) is 0 Å². The van der Waals surface area contributed by atoms with E-state index in [2.05, 4.69) is 17.3 Å². The molecule has 0 bridgehead atoms. The number of benzene rings is 1. The van der Waals surface area contributed by atoms with E-state index in [-0.39, 0.29) is 29.3 Å². The van der Waals surface area contributed by atoms with Gasteiger partial charge in [-0.3, -0.25) is 4.79 Å². The van der Waals surface area contributed by atoms with Gasteiger partial charge in [0.05, 0.1) is 10.8 Å². The van der Waals surface area contributed by atoms with E-state index in [0.717, 1.165) is 32.4 Å². The van der Waals surface area contributed by atoms with Gasteiger partial charge >= 0.3 is 0 Å². The number of rotatable bonds is 4. The van der Waals surface area contributed by atoms with Gasteiger partial charge < -0.3 is 10.2 Å². The van der Waals surface area contributed by atoms with Crippen molar-refractivity contribution in [2.24, 2.45) is 5.92 Å². The summed E-state index contributed by atoms with van der Waals surface area (Å²) in [5.41, 5.74) is 0. The van der Waals surface area contributed by atoms with Gasteiger partial charge in [-0.1, -0.05) is 11.6 Å². The zero-order valence-corrected chi connectivity index (χ0v) is 16.6. The minimum atomic E-state index is -3.60. The van der Waals surface area contributed by atoms with Crippen molar-refractivity contribution < 1.29 is 13.2 Å². The van der Waals surface area contributed by atoms with Crippen molar-refractivity contribution in [1.82, 2.24) is 14.5 Å². The van der Waals surface area contributed by atoms with Gasteiger partial charge in [0, 0.05) is 24.2 Å². The molecule has 2 saturated heterocycles. The first-order valence-corrected chi connectivity index (χ1v) is 10.9. The molecule has 1 N–H and O–H groups in total. The number of likely N-dealkylation sites (tertiary alicyclic amines) is 1. The van der Waals surface area contributed by atoms with Crippen LogP contribution in [0.2, 0.25) is 5.02 Å². The Morgan fingerprint density at radius 3 is 2.42 bits per heavy atom. The van der Waals surface area contributed by atoms with Crippen LogP contribution >= 0.6 is 11.6 Å². The summed E-state index contributed by atoms with van der Waals surface area (Å²) in [4.78, 5) is 15.1. The number of halogens is 1. The highest BCUT2D eigenvalue weighted by molar-refractivity contribution is 7.89. The minimum absolute atomic E-state index is 0.0180. The Kier molecular flexibility index (Phi) is 6.22. The molecule has 6 nitrogen and oxygen atoms in total. The lowest BCUT2D eigenvalue weighted by Gasteiger charge is -2.34. The van der Waals surface area contributed by atoms with Crippen LogP contribution in [0.15, 0.2) is 29.2 Å². The summed E-state index contributed by atoms with van der Waals surface area (Å²) in [6.45, 7) is 2.64. The predicted molar refractivity (Wildman–Crippen MR) is 102 cm³/mol. The first-order chi connectivity index (χ1) is 12.4. The molecule has 3 rings (SSSR count). The van der Waals surface area contributed by atoms with E-state index in [1.165, 1.54) is 16.4 Å². The molecule has 0 aromatic heterocycles. The summed E-state index contributed by atoms with van der Waals surface area (Å²) in [6.07, 6.45) is 3.31. The smallest absolute Gasteiger partial charge is 0.243 e. The molecule has 0 spiro atoms. The highest BCUT2D eigenvalue weighted by atomic mass is 35.5. The van der Waals surface area contributed by atoms with Crippen molar-refractivity contribution in [1.29, 1.82) is 0 Å². The Bertz CT molecular complexity index is 731. The van der Waals surface area contributed by atoms with Crippen molar-refractivity contribution in [2.45, 2.75) is 36.6 Å². The van der Waals surface area contributed by atoms with Crippen molar-refractivity contribution in [3.63, 3.8) is 0 Å². The number of nitrogens with zero attached hydrogens (tertiary/aromatic N) is 2. The van der Waals surface area contributed by atoms with E-state index in [0.29, 0.717) is 18.0 Å². The van der Waals surface area contributed by atoms with E-state index in [4.69, 9.17) is 11.6 Å². The Hall–Kier alpha value is -1.15. The van der Waals surface area contributed by atoms with Crippen LogP contribution in [0.1, 0.15) is 25.7 Å². The number of carbonyl (C=O) groups excluding carboxylic acids is 1. The quantitative estimate of drug-likeness (QED) is 0.840. The van der Waals surface area contributed by atoms with Crippen molar-refractivity contribution in [3.8, 4) is 0 Å². The molecular weight excluding hydrogens is 374 g/mol. The van der Waals surface area contributed by atoms with E-state index >= 15 is 0 Å². The normalized spacial score (nSPS) is 23.7. The topological polar surface area (TPSA) is 69.7 Å². The second-order valence-electron chi connectivity index (χ2n) is 7.24. The van der Waals surface area contributed by atoms with E-state index in [1.54, 1.807) is 12.1 Å². The second kappa shape index (κ2) is 8.25. The Labute approximate surface area is 160 Å². The molecule has 1 aromatic carbocycles. The average molecular weight is 400 g/mol. The molecule has 0 aliphatic carbocycles. The number of sulfonamides is 1. The molecule has 2 aliphatic rings. The Morgan fingerprint density at radius 1 is 1.12 bits per heavy atom. The number of amides is 1. The predicted octanol–water partition coefficient (Wildman–Crippen LogP) is 1.95. The van der Waals surface area contributed by atoms with Gasteiger partial charge in [0.15, 0.2) is 0 Å². The van der Waals surface area contributed by atoms with E-state index in [1.807, 2.05) is 0 Å². The molecule has 144 valence electrons. The summed E-state index contributed by atoms with van der Waals surface area (Å²) in [5, 5.41) is 3.62. The molecular formula is C18H26ClN3O3S. The maximum atomic E-state index is 12.8. The fourth-order valence-electron chi connectivity index (χ4n) is 3.60. The lowest BCUT2D eigenvalue weighted by molar-refractivity contribution is -0.127. The van der Waals surface area contributed by atoms with Crippen molar-refractivity contribution in [2.75, 3.05) is 33.2 Å². The lowest BCUT2D eigenvalue weighted by Crippen LogP contribution is -2.49. The summed E-state index contributed by atoms with van der Waals surface area (Å²) >= 11 is 5.85. The Balaban J connectivity index is 1.63. The molecule has 0 unspecified atom stereocenters. The lowest BCUT2D eigenvalue weighted by atomic mass is 9.97. The molecule has 2 aliphatic heterocycles. The summed E-state index contributed by atoms with van der Waals surface area (Å²) in [6, 6.07) is 6.37. The average Bonchev–Trinajstić information content (AvgIpc) is 2.64. The van der Waals surface area contributed by atoms with Gasteiger partial charge in [0.25, 0.3) is 0 Å². The van der Waals surface area contributed by atoms with Crippen LogP contribution in [-0.2, 0) is 14.8 Å². The number of piperidine rings is 2. The highest BCUT2D eigenvalue weighted by Crippen LogP contribution is 2.25. The van der Waals surface area contributed by atoms with Crippen molar-refractivity contribution >= 4 is 27.5 Å². The molecule has 2 heterocycles. The third kappa shape index (κ3) is 4.57. The SMILES string of the molecule is CN1CCC(NC(=O)[C@H]2CCCN(S(=O)(=O)c3ccc(Cl)cc3)C2)CC1. The molecule has 1 amide bonds. The summed E-state index contributed by atoms with van der Waals surface area (Å²) in [5.74, 6) is -0.305. The molecule has 0 saturated carbocycles. The number of hydrogen-bond donors (Lipinski definition) is 1. The third-order valence-electron chi connectivity index (χ3n) is 5.27. The van der Waals surface area contributed by atoms with Gasteiger partial charge in [-0.05, 0) is 70.1 Å². The fraction of sp³-hybridized carbons (Fsp3) is 0.611. The maximum Gasteiger partial charge on any atom is 0.243 e. The van der Waals surface area contributed by atoms with E-state index in [9.17, 15) is 13.2 Å². The van der Waals surface area contributed by atoms with Crippen LogP contribution < -0.4 is 5.32 Å². The van der Waals surface area contributed by atoms with Crippen LogP contribution in [0.3, 0.4) is 0 Å². The van der Waals surface area contributed by atoms with Crippen LogP contribution in [0, 0.1) is 5.92 Å². The summed E-state index contributed by atoms with van der Waals surface area (Å²) < 4.78 is 27.1. The highest BCUT2D eigenvalue weighted by Gasteiger charge is 2.34. The van der Waals surface area contributed by atoms with Gasteiger partial charge in [0.1, 0.15) is 0 Å². The van der Waals surface area contributed by atoms with Gasteiger partial charge in [-0.2, -0.15) is 4.31 Å². The first kappa shape index (κ1) is 19.6. The van der Waals surface area contributed by atoms with Crippen LogP contribution in [0.5, 0.6) is 0 Å².